The zero-order valence-corrected chi connectivity index (χ0v) is 17.0. The van der Waals surface area contributed by atoms with Crippen molar-refractivity contribution in [3.63, 3.8) is 0 Å². The molecule has 1 saturated heterocycles. The van der Waals surface area contributed by atoms with Crippen molar-refractivity contribution in [2.24, 2.45) is 0 Å². The van der Waals surface area contributed by atoms with Crippen LogP contribution in [0.1, 0.15) is 19.8 Å². The molecule has 0 aromatic carbocycles. The SMILES string of the molecule is CCCCSC1C(=N)N([Si](C)(C)C)SN1[Si](C)(C)C. The smallest absolute Gasteiger partial charge is 0.163 e. The molecule has 7 heteroatoms. The van der Waals surface area contributed by atoms with Crippen molar-refractivity contribution >= 4 is 46.2 Å². The predicted molar refractivity (Wildman–Crippen MR) is 96.8 cm³/mol. The monoisotopic (exact) mass is 335 g/mol. The van der Waals surface area contributed by atoms with Crippen LogP contribution in [0.5, 0.6) is 0 Å². The molecule has 0 amide bonds. The van der Waals surface area contributed by atoms with Crippen LogP contribution < -0.4 is 0 Å². The molecule has 1 aliphatic heterocycles. The van der Waals surface area contributed by atoms with Crippen LogP contribution >= 0.6 is 23.9 Å². The van der Waals surface area contributed by atoms with E-state index in [-0.39, 0.29) is 5.37 Å². The normalized spacial score (nSPS) is 22.4. The molecule has 112 valence electrons. The Morgan fingerprint density at radius 2 is 1.74 bits per heavy atom. The molecule has 1 fully saturated rings. The summed E-state index contributed by atoms with van der Waals surface area (Å²) in [6.45, 7) is 16.4. The molecule has 19 heavy (non-hydrogen) atoms. The van der Waals surface area contributed by atoms with E-state index in [1.165, 1.54) is 18.6 Å². The Kier molecular flexibility index (Phi) is 6.07. The van der Waals surface area contributed by atoms with Crippen LogP contribution in [0.15, 0.2) is 0 Å². The van der Waals surface area contributed by atoms with Crippen LogP contribution in [0.2, 0.25) is 39.3 Å². The van der Waals surface area contributed by atoms with Crippen LogP contribution in [0.3, 0.4) is 0 Å². The summed E-state index contributed by atoms with van der Waals surface area (Å²) in [5.41, 5.74) is 0. The van der Waals surface area contributed by atoms with Gasteiger partial charge in [-0.25, -0.2) is 3.97 Å². The summed E-state index contributed by atoms with van der Waals surface area (Å²) in [7, 11) is -2.85. The molecule has 1 N–H and O–H groups in total. The molecule has 1 heterocycles. The van der Waals surface area contributed by atoms with Gasteiger partial charge in [0.25, 0.3) is 0 Å². The van der Waals surface area contributed by atoms with Crippen LogP contribution in [-0.2, 0) is 0 Å². The van der Waals surface area contributed by atoms with Gasteiger partial charge in [-0.2, -0.15) is 0 Å². The van der Waals surface area contributed by atoms with Crippen molar-refractivity contribution in [1.82, 2.24) is 7.94 Å². The van der Waals surface area contributed by atoms with Crippen LogP contribution in [-0.4, -0.2) is 41.4 Å². The predicted octanol–water partition coefficient (Wildman–Crippen LogP) is 4.67. The van der Waals surface area contributed by atoms with E-state index in [4.69, 9.17) is 5.41 Å². The number of thioether (sulfide) groups is 1. The van der Waals surface area contributed by atoms with Crippen LogP contribution in [0.4, 0.5) is 0 Å². The molecular weight excluding hydrogens is 306 g/mol. The summed E-state index contributed by atoms with van der Waals surface area (Å²) in [5, 5.41) is 8.84. The first-order chi connectivity index (χ1) is 8.59. The fourth-order valence-electron chi connectivity index (χ4n) is 1.83. The molecule has 3 nitrogen and oxygen atoms in total. The highest BCUT2D eigenvalue weighted by molar-refractivity contribution is 8.04. The Morgan fingerprint density at radius 1 is 1.16 bits per heavy atom. The lowest BCUT2D eigenvalue weighted by molar-refractivity contribution is 0.752. The lowest BCUT2D eigenvalue weighted by Crippen LogP contribution is -2.46. The number of rotatable bonds is 6. The maximum absolute atomic E-state index is 8.56. The number of amidine groups is 1. The lowest BCUT2D eigenvalue weighted by Gasteiger charge is -2.33. The third-order valence-corrected chi connectivity index (χ3v) is 12.0. The van der Waals surface area contributed by atoms with Gasteiger partial charge in [0, 0.05) is 12.1 Å². The maximum atomic E-state index is 8.56. The van der Waals surface area contributed by atoms with Crippen LogP contribution in [0.25, 0.3) is 0 Å². The van der Waals surface area contributed by atoms with Gasteiger partial charge in [0.1, 0.15) is 19.4 Å². The van der Waals surface area contributed by atoms with Gasteiger partial charge in [0.15, 0.2) is 8.24 Å². The van der Waals surface area contributed by atoms with Crippen molar-refractivity contribution in [2.75, 3.05) is 5.75 Å². The minimum Gasteiger partial charge on any atom is -0.319 e. The lowest BCUT2D eigenvalue weighted by atomic mass is 10.4. The van der Waals surface area contributed by atoms with E-state index < -0.39 is 16.5 Å². The average Bonchev–Trinajstić information content (AvgIpc) is 2.56. The number of nitrogens with zero attached hydrogens (tertiary/aromatic N) is 2. The summed E-state index contributed by atoms with van der Waals surface area (Å²) in [6, 6.07) is 0. The molecular formula is C12H29N3S2Si2. The van der Waals surface area contributed by atoms with E-state index in [1.54, 1.807) is 0 Å². The van der Waals surface area contributed by atoms with E-state index in [1.807, 2.05) is 23.9 Å². The number of hydrogen-bond acceptors (Lipinski definition) is 4. The van der Waals surface area contributed by atoms with Gasteiger partial charge in [0.05, 0.1) is 0 Å². The summed E-state index contributed by atoms with van der Waals surface area (Å²) in [4.78, 5) is 0. The summed E-state index contributed by atoms with van der Waals surface area (Å²) >= 11 is 3.81. The largest absolute Gasteiger partial charge is 0.319 e. The van der Waals surface area contributed by atoms with Gasteiger partial charge in [-0.3, -0.25) is 5.41 Å². The van der Waals surface area contributed by atoms with E-state index in [0.717, 1.165) is 5.84 Å². The first-order valence-corrected chi connectivity index (χ1v) is 15.7. The number of nitrogens with one attached hydrogen (secondary N) is 1. The van der Waals surface area contributed by atoms with Gasteiger partial charge in [-0.1, -0.05) is 52.6 Å². The van der Waals surface area contributed by atoms with Gasteiger partial charge in [-0.05, 0) is 12.2 Å². The van der Waals surface area contributed by atoms with E-state index in [2.05, 4.69) is 54.1 Å². The highest BCUT2D eigenvalue weighted by Crippen LogP contribution is 2.42. The number of hydrogen-bond donors (Lipinski definition) is 1. The third-order valence-electron chi connectivity index (χ3n) is 2.88. The van der Waals surface area contributed by atoms with Crippen LogP contribution in [0, 0.1) is 5.41 Å². The standard InChI is InChI=1S/C12H29N3S2Si2/c1-8-9-10-16-12-11(13)14(18(2,3)4)17-15(12)19(5,6)7/h12-13H,8-10H2,1-7H3. The Morgan fingerprint density at radius 3 is 2.16 bits per heavy atom. The first-order valence-electron chi connectivity index (χ1n) is 7.06. The first kappa shape index (κ1) is 17.6. The summed E-state index contributed by atoms with van der Waals surface area (Å²) in [5.74, 6) is 2.01. The molecule has 1 unspecified atom stereocenters. The van der Waals surface area contributed by atoms with Gasteiger partial charge in [-0.15, -0.1) is 11.8 Å². The second kappa shape index (κ2) is 6.55. The Bertz CT molecular complexity index is 326. The second-order valence-electron chi connectivity index (χ2n) is 7.01. The van der Waals surface area contributed by atoms with Gasteiger partial charge < -0.3 is 3.97 Å². The van der Waals surface area contributed by atoms with Gasteiger partial charge in [0.2, 0.25) is 0 Å². The van der Waals surface area contributed by atoms with Crippen molar-refractivity contribution in [2.45, 2.75) is 64.4 Å². The highest BCUT2D eigenvalue weighted by Gasteiger charge is 2.47. The Balaban J connectivity index is 2.86. The molecule has 0 aromatic heterocycles. The zero-order chi connectivity index (χ0) is 14.8. The average molecular weight is 336 g/mol. The fraction of sp³-hybridized carbons (Fsp3) is 0.917. The highest BCUT2D eigenvalue weighted by atomic mass is 32.2. The molecule has 0 spiro atoms. The third kappa shape index (κ3) is 4.52. The molecule has 0 aliphatic carbocycles. The van der Waals surface area contributed by atoms with E-state index in [9.17, 15) is 0 Å². The van der Waals surface area contributed by atoms with Crippen molar-refractivity contribution in [3.8, 4) is 0 Å². The van der Waals surface area contributed by atoms with E-state index in [0.29, 0.717) is 0 Å². The minimum atomic E-state index is -1.46. The van der Waals surface area contributed by atoms with Crippen molar-refractivity contribution in [3.05, 3.63) is 0 Å². The second-order valence-corrected chi connectivity index (χ2v) is 19.4. The van der Waals surface area contributed by atoms with Gasteiger partial charge >= 0.3 is 0 Å². The summed E-state index contributed by atoms with van der Waals surface area (Å²) in [6.07, 6.45) is 2.50. The maximum Gasteiger partial charge on any atom is 0.163 e. The van der Waals surface area contributed by atoms with Crippen molar-refractivity contribution < 1.29 is 0 Å². The fourth-order valence-corrected chi connectivity index (χ4v) is 9.47. The molecule has 0 saturated carbocycles. The summed E-state index contributed by atoms with van der Waals surface area (Å²) < 4.78 is 4.88. The molecule has 1 rings (SSSR count). The molecule has 1 atom stereocenters. The topological polar surface area (TPSA) is 30.3 Å². The zero-order valence-electron chi connectivity index (χ0n) is 13.4. The van der Waals surface area contributed by atoms with Crippen molar-refractivity contribution in [1.29, 1.82) is 5.41 Å². The minimum absolute atomic E-state index is 0.273. The molecule has 0 bridgehead atoms. The molecule has 0 radical (unpaired) electrons. The molecule has 0 aromatic rings. The van der Waals surface area contributed by atoms with E-state index >= 15 is 0 Å². The quantitative estimate of drug-likeness (QED) is 0.434. The molecule has 1 aliphatic rings. The Hall–Kier alpha value is 0.564. The Labute approximate surface area is 129 Å². The number of unbranched alkanes of at least 4 members (excludes halogenated alkanes) is 1.